The fourth-order valence-corrected chi connectivity index (χ4v) is 2.70. The number of pyridine rings is 1. The summed E-state index contributed by atoms with van der Waals surface area (Å²) in [6.07, 6.45) is -3.33. The van der Waals surface area contributed by atoms with E-state index in [4.69, 9.17) is 4.74 Å². The molecule has 1 aromatic rings. The molecule has 0 spiro atoms. The Bertz CT molecular complexity index is 445. The van der Waals surface area contributed by atoms with E-state index in [2.05, 4.69) is 10.3 Å². The summed E-state index contributed by atoms with van der Waals surface area (Å²) in [7, 11) is 0. The summed E-state index contributed by atoms with van der Waals surface area (Å²) in [6.45, 7) is 2.27. The van der Waals surface area contributed by atoms with Crippen LogP contribution < -0.4 is 10.1 Å². The lowest BCUT2D eigenvalue weighted by molar-refractivity contribution is -0.142. The largest absolute Gasteiger partial charge is 0.491 e. The molecule has 3 nitrogen and oxygen atoms in total. The van der Waals surface area contributed by atoms with Gasteiger partial charge in [0.15, 0.2) is 5.69 Å². The zero-order valence-electron chi connectivity index (χ0n) is 9.98. The predicted molar refractivity (Wildman–Crippen MR) is 65.3 cm³/mol. The van der Waals surface area contributed by atoms with Crippen molar-refractivity contribution in [1.29, 1.82) is 0 Å². The van der Waals surface area contributed by atoms with Crippen molar-refractivity contribution in [1.82, 2.24) is 10.3 Å². The molecule has 3 rings (SSSR count). The lowest BCUT2D eigenvalue weighted by atomic mass is 10.3. The summed E-state index contributed by atoms with van der Waals surface area (Å²) in [5.74, 6) is 1.39. The van der Waals surface area contributed by atoms with Crippen LogP contribution in [-0.4, -0.2) is 24.7 Å². The first kappa shape index (κ1) is 14.4. The van der Waals surface area contributed by atoms with Gasteiger partial charge in [0, 0.05) is 12.1 Å². The lowest BCUT2D eigenvalue weighted by Gasteiger charge is -2.13. The zero-order valence-corrected chi connectivity index (χ0v) is 10.8. The minimum atomic E-state index is -4.46. The van der Waals surface area contributed by atoms with Gasteiger partial charge in [-0.25, -0.2) is 4.98 Å². The highest BCUT2D eigenvalue weighted by atomic mass is 35.5. The Morgan fingerprint density at radius 2 is 2.00 bits per heavy atom. The Morgan fingerprint density at radius 3 is 2.63 bits per heavy atom. The van der Waals surface area contributed by atoms with Gasteiger partial charge in [0.25, 0.3) is 0 Å². The van der Waals surface area contributed by atoms with E-state index in [0.717, 1.165) is 19.3 Å². The molecule has 1 saturated heterocycles. The average Bonchev–Trinajstić information content (AvgIpc) is 2.77. The lowest BCUT2D eigenvalue weighted by Crippen LogP contribution is -2.18. The van der Waals surface area contributed by atoms with Crippen molar-refractivity contribution in [2.24, 2.45) is 17.8 Å². The molecular formula is C12H14ClF3N2O. The molecule has 0 radical (unpaired) electrons. The van der Waals surface area contributed by atoms with Crippen molar-refractivity contribution in [3.05, 3.63) is 24.0 Å². The third-order valence-electron chi connectivity index (χ3n) is 3.74. The van der Waals surface area contributed by atoms with Crippen molar-refractivity contribution >= 4 is 12.4 Å². The van der Waals surface area contributed by atoms with E-state index in [0.29, 0.717) is 24.4 Å². The second-order valence-electron chi connectivity index (χ2n) is 4.81. The van der Waals surface area contributed by atoms with Gasteiger partial charge in [-0.15, -0.1) is 12.4 Å². The fourth-order valence-electron chi connectivity index (χ4n) is 2.70. The molecule has 2 aliphatic rings. The van der Waals surface area contributed by atoms with Crippen LogP contribution in [0.1, 0.15) is 5.69 Å². The number of piperidine rings is 1. The number of nitrogens with zero attached hydrogens (tertiary/aromatic N) is 1. The molecule has 1 aliphatic carbocycles. The number of fused-ring (bicyclic) bond motifs is 1. The van der Waals surface area contributed by atoms with E-state index in [9.17, 15) is 13.2 Å². The van der Waals surface area contributed by atoms with Crippen LogP contribution >= 0.6 is 12.4 Å². The number of halogens is 4. The maximum atomic E-state index is 12.7. The van der Waals surface area contributed by atoms with Crippen LogP contribution in [0.4, 0.5) is 13.2 Å². The van der Waals surface area contributed by atoms with Crippen molar-refractivity contribution in [3.63, 3.8) is 0 Å². The van der Waals surface area contributed by atoms with Gasteiger partial charge < -0.3 is 10.1 Å². The third kappa shape index (κ3) is 2.79. The van der Waals surface area contributed by atoms with Crippen molar-refractivity contribution in [2.45, 2.75) is 6.18 Å². The Balaban J connectivity index is 0.00000133. The van der Waals surface area contributed by atoms with E-state index in [-0.39, 0.29) is 18.2 Å². The quantitative estimate of drug-likeness (QED) is 0.929. The predicted octanol–water partition coefficient (Wildman–Crippen LogP) is 2.37. The minimum Gasteiger partial charge on any atom is -0.491 e. The number of hydrogen-bond donors (Lipinski definition) is 1. The Labute approximate surface area is 115 Å². The van der Waals surface area contributed by atoms with Crippen LogP contribution in [0.3, 0.4) is 0 Å². The summed E-state index contributed by atoms with van der Waals surface area (Å²) in [5, 5.41) is 3.24. The normalized spacial score (nSPS) is 28.5. The summed E-state index contributed by atoms with van der Waals surface area (Å²) in [4.78, 5) is 3.36. The topological polar surface area (TPSA) is 34.1 Å². The van der Waals surface area contributed by atoms with E-state index >= 15 is 0 Å². The highest BCUT2D eigenvalue weighted by Gasteiger charge is 2.53. The highest BCUT2D eigenvalue weighted by molar-refractivity contribution is 5.85. The molecule has 2 fully saturated rings. The Hall–Kier alpha value is -1.01. The molecule has 106 valence electrons. The molecule has 0 aromatic carbocycles. The first-order valence-corrected chi connectivity index (χ1v) is 5.93. The number of ether oxygens (including phenoxy) is 1. The zero-order chi connectivity index (χ0) is 12.8. The third-order valence-corrected chi connectivity index (χ3v) is 3.74. The van der Waals surface area contributed by atoms with Gasteiger partial charge in [0.2, 0.25) is 0 Å². The summed E-state index contributed by atoms with van der Waals surface area (Å²) >= 11 is 0. The molecule has 1 N–H and O–H groups in total. The summed E-state index contributed by atoms with van der Waals surface area (Å²) < 4.78 is 43.3. The monoisotopic (exact) mass is 294 g/mol. The Morgan fingerprint density at radius 1 is 1.32 bits per heavy atom. The van der Waals surface area contributed by atoms with Crippen LogP contribution in [0.15, 0.2) is 18.3 Å². The molecule has 2 heterocycles. The van der Waals surface area contributed by atoms with Gasteiger partial charge in [0.1, 0.15) is 5.75 Å². The molecule has 1 saturated carbocycles. The average molecular weight is 295 g/mol. The SMILES string of the molecule is Cl.FC(F)(F)c1ncccc1OC[C@@H]1[C@@H]2CNC[C@@H]21. The van der Waals surface area contributed by atoms with Gasteiger partial charge in [-0.05, 0) is 37.1 Å². The van der Waals surface area contributed by atoms with Crippen molar-refractivity contribution < 1.29 is 17.9 Å². The van der Waals surface area contributed by atoms with E-state index in [1.807, 2.05) is 0 Å². The van der Waals surface area contributed by atoms with Crippen LogP contribution in [0.2, 0.25) is 0 Å². The minimum absolute atomic E-state index is 0. The number of hydrogen-bond acceptors (Lipinski definition) is 3. The second kappa shape index (κ2) is 5.17. The number of alkyl halides is 3. The fraction of sp³-hybridized carbons (Fsp3) is 0.583. The first-order valence-electron chi connectivity index (χ1n) is 5.93. The van der Waals surface area contributed by atoms with E-state index in [1.165, 1.54) is 12.1 Å². The smallest absolute Gasteiger partial charge is 0.437 e. The standard InChI is InChI=1S/C12H13F3N2O.ClH/c13-12(14,15)11-10(2-1-3-17-11)18-6-9-7-4-16-5-8(7)9;/h1-3,7-9,16H,4-6H2;1H/t7-,8+,9-;. The molecule has 1 aliphatic heterocycles. The molecule has 0 amide bonds. The van der Waals surface area contributed by atoms with Gasteiger partial charge in [-0.3, -0.25) is 0 Å². The number of nitrogens with one attached hydrogen (secondary N) is 1. The molecule has 0 bridgehead atoms. The van der Waals surface area contributed by atoms with Crippen LogP contribution in [0.25, 0.3) is 0 Å². The highest BCUT2D eigenvalue weighted by Crippen LogP contribution is 2.48. The Kier molecular flexibility index (Phi) is 3.92. The molecule has 3 atom stereocenters. The number of rotatable bonds is 3. The molecular weight excluding hydrogens is 281 g/mol. The van der Waals surface area contributed by atoms with Gasteiger partial charge in [-0.2, -0.15) is 13.2 Å². The molecule has 1 aromatic heterocycles. The summed E-state index contributed by atoms with van der Waals surface area (Å²) in [6, 6.07) is 2.78. The second-order valence-corrected chi connectivity index (χ2v) is 4.81. The van der Waals surface area contributed by atoms with Gasteiger partial charge in [0.05, 0.1) is 6.61 Å². The van der Waals surface area contributed by atoms with Crippen LogP contribution in [0.5, 0.6) is 5.75 Å². The molecule has 19 heavy (non-hydrogen) atoms. The maximum Gasteiger partial charge on any atom is 0.437 e. The molecule has 7 heteroatoms. The van der Waals surface area contributed by atoms with E-state index < -0.39 is 11.9 Å². The summed E-state index contributed by atoms with van der Waals surface area (Å²) in [5.41, 5.74) is -0.936. The van der Waals surface area contributed by atoms with Crippen molar-refractivity contribution in [3.8, 4) is 5.75 Å². The van der Waals surface area contributed by atoms with Gasteiger partial charge >= 0.3 is 6.18 Å². The van der Waals surface area contributed by atoms with Crippen LogP contribution in [-0.2, 0) is 6.18 Å². The number of aromatic nitrogens is 1. The first-order chi connectivity index (χ1) is 8.57. The molecule has 0 unspecified atom stereocenters. The maximum absolute atomic E-state index is 12.7. The van der Waals surface area contributed by atoms with Crippen LogP contribution in [0, 0.1) is 17.8 Å². The van der Waals surface area contributed by atoms with E-state index in [1.54, 1.807) is 0 Å². The van der Waals surface area contributed by atoms with Gasteiger partial charge in [-0.1, -0.05) is 0 Å². The van der Waals surface area contributed by atoms with Crippen molar-refractivity contribution in [2.75, 3.05) is 19.7 Å².